The molecule has 1 nitrogen and oxygen atoms in total. The highest BCUT2D eigenvalue weighted by molar-refractivity contribution is 4.75. The minimum Gasteiger partial charge on any atom is -0.311 e. The van der Waals surface area contributed by atoms with Crippen molar-refractivity contribution in [2.75, 3.05) is 6.54 Å². The van der Waals surface area contributed by atoms with Crippen LogP contribution >= 0.6 is 0 Å². The Hall–Kier alpha value is -0.250. The van der Waals surface area contributed by atoms with Crippen molar-refractivity contribution in [3.8, 4) is 0 Å². The van der Waals surface area contributed by atoms with Crippen LogP contribution in [0.25, 0.3) is 0 Å². The van der Waals surface area contributed by atoms with Gasteiger partial charge in [0.25, 0.3) is 0 Å². The average molecular weight is 183 g/mol. The van der Waals surface area contributed by atoms with E-state index in [9.17, 15) is 13.2 Å². The molecule has 0 saturated heterocycles. The number of hydrogen-bond donors (Lipinski definition) is 1. The monoisotopic (exact) mass is 183 g/mol. The Morgan fingerprint density at radius 2 is 1.67 bits per heavy atom. The van der Waals surface area contributed by atoms with Gasteiger partial charge in [-0.3, -0.25) is 0 Å². The average Bonchev–Trinajstić information content (AvgIpc) is 1.84. The second-order valence-electron chi connectivity index (χ2n) is 3.53. The lowest BCUT2D eigenvalue weighted by atomic mass is 10.0. The number of hydrogen-bond acceptors (Lipinski definition) is 1. The third kappa shape index (κ3) is 6.46. The largest absolute Gasteiger partial charge is 0.390 e. The van der Waals surface area contributed by atoms with Gasteiger partial charge >= 0.3 is 6.18 Å². The van der Waals surface area contributed by atoms with Crippen molar-refractivity contribution in [2.45, 2.75) is 45.3 Å². The first-order valence-corrected chi connectivity index (χ1v) is 4.08. The highest BCUT2D eigenvalue weighted by atomic mass is 19.4. The van der Waals surface area contributed by atoms with Crippen LogP contribution < -0.4 is 5.32 Å². The Labute approximate surface area is 71.3 Å². The quantitative estimate of drug-likeness (QED) is 0.706. The number of halogens is 3. The SMILES string of the molecule is CCC(C)(C)NCCC(F)(F)F. The summed E-state index contributed by atoms with van der Waals surface area (Å²) in [6.07, 6.45) is -3.97. The molecule has 0 spiro atoms. The molecule has 0 aliphatic heterocycles. The lowest BCUT2D eigenvalue weighted by molar-refractivity contribution is -0.134. The molecule has 1 N–H and O–H groups in total. The van der Waals surface area contributed by atoms with E-state index in [1.54, 1.807) is 0 Å². The molecule has 0 atom stereocenters. The van der Waals surface area contributed by atoms with E-state index in [0.29, 0.717) is 0 Å². The van der Waals surface area contributed by atoms with Crippen LogP contribution in [-0.2, 0) is 0 Å². The second kappa shape index (κ2) is 4.12. The van der Waals surface area contributed by atoms with E-state index in [-0.39, 0.29) is 12.1 Å². The van der Waals surface area contributed by atoms with Gasteiger partial charge in [0.15, 0.2) is 0 Å². The molecular weight excluding hydrogens is 167 g/mol. The van der Waals surface area contributed by atoms with Crippen LogP contribution in [0.15, 0.2) is 0 Å². The lowest BCUT2D eigenvalue weighted by Crippen LogP contribution is -2.40. The van der Waals surface area contributed by atoms with Crippen LogP contribution in [0, 0.1) is 0 Å². The van der Waals surface area contributed by atoms with E-state index in [1.807, 2.05) is 20.8 Å². The first kappa shape index (κ1) is 11.8. The van der Waals surface area contributed by atoms with Crippen molar-refractivity contribution >= 4 is 0 Å². The van der Waals surface area contributed by atoms with Gasteiger partial charge in [-0.2, -0.15) is 13.2 Å². The Morgan fingerprint density at radius 1 is 1.17 bits per heavy atom. The standard InChI is InChI=1S/C8H16F3N/c1-4-7(2,3)12-6-5-8(9,10)11/h12H,4-6H2,1-3H3. The zero-order valence-electron chi connectivity index (χ0n) is 7.76. The molecular formula is C8H16F3N. The number of rotatable bonds is 4. The normalized spacial score (nSPS) is 13.5. The van der Waals surface area contributed by atoms with Crippen LogP contribution in [0.2, 0.25) is 0 Å². The number of alkyl halides is 3. The fourth-order valence-electron chi connectivity index (χ4n) is 0.668. The molecule has 0 bridgehead atoms. The van der Waals surface area contributed by atoms with E-state index < -0.39 is 12.6 Å². The van der Waals surface area contributed by atoms with E-state index in [2.05, 4.69) is 5.32 Å². The van der Waals surface area contributed by atoms with Gasteiger partial charge in [0.05, 0.1) is 6.42 Å². The van der Waals surface area contributed by atoms with Crippen LogP contribution in [0.3, 0.4) is 0 Å². The molecule has 0 radical (unpaired) electrons. The summed E-state index contributed by atoms with van der Waals surface area (Å²) in [5.41, 5.74) is -0.189. The zero-order valence-corrected chi connectivity index (χ0v) is 7.76. The summed E-state index contributed by atoms with van der Waals surface area (Å²) < 4.78 is 35.1. The molecule has 0 heterocycles. The summed E-state index contributed by atoms with van der Waals surface area (Å²) in [6, 6.07) is 0. The van der Waals surface area contributed by atoms with Crippen molar-refractivity contribution in [2.24, 2.45) is 0 Å². The third-order valence-electron chi connectivity index (χ3n) is 1.90. The Kier molecular flexibility index (Phi) is 4.03. The van der Waals surface area contributed by atoms with Crippen LogP contribution in [0.5, 0.6) is 0 Å². The number of nitrogens with one attached hydrogen (secondary N) is 1. The molecule has 0 aliphatic rings. The van der Waals surface area contributed by atoms with Gasteiger partial charge in [-0.25, -0.2) is 0 Å². The summed E-state index contributed by atoms with van der Waals surface area (Å²) in [6.45, 7) is 5.73. The third-order valence-corrected chi connectivity index (χ3v) is 1.90. The minimum absolute atomic E-state index is 0.00431. The maximum Gasteiger partial charge on any atom is 0.390 e. The molecule has 0 aliphatic carbocycles. The molecule has 0 saturated carbocycles. The first-order chi connectivity index (χ1) is 5.27. The van der Waals surface area contributed by atoms with Gasteiger partial charge in [0.1, 0.15) is 0 Å². The smallest absolute Gasteiger partial charge is 0.311 e. The van der Waals surface area contributed by atoms with Crippen molar-refractivity contribution in [1.82, 2.24) is 5.32 Å². The van der Waals surface area contributed by atoms with E-state index in [1.165, 1.54) is 0 Å². The van der Waals surface area contributed by atoms with Gasteiger partial charge in [-0.15, -0.1) is 0 Å². The van der Waals surface area contributed by atoms with Crippen LogP contribution in [-0.4, -0.2) is 18.3 Å². The fourth-order valence-corrected chi connectivity index (χ4v) is 0.668. The van der Waals surface area contributed by atoms with E-state index in [0.717, 1.165) is 6.42 Å². The van der Waals surface area contributed by atoms with Crippen molar-refractivity contribution in [3.63, 3.8) is 0 Å². The van der Waals surface area contributed by atoms with E-state index >= 15 is 0 Å². The highest BCUT2D eigenvalue weighted by Gasteiger charge is 2.27. The van der Waals surface area contributed by atoms with Crippen molar-refractivity contribution < 1.29 is 13.2 Å². The molecule has 0 aromatic carbocycles. The summed E-state index contributed by atoms with van der Waals surface area (Å²) in [5.74, 6) is 0. The van der Waals surface area contributed by atoms with Gasteiger partial charge in [-0.1, -0.05) is 6.92 Å². The molecule has 0 fully saturated rings. The Balaban J connectivity index is 3.57. The van der Waals surface area contributed by atoms with Gasteiger partial charge in [-0.05, 0) is 20.3 Å². The maximum absolute atomic E-state index is 11.7. The Morgan fingerprint density at radius 3 is 2.00 bits per heavy atom. The summed E-state index contributed by atoms with van der Waals surface area (Å²) in [5, 5.41) is 2.85. The van der Waals surface area contributed by atoms with Gasteiger partial charge in [0, 0.05) is 12.1 Å². The topological polar surface area (TPSA) is 12.0 Å². The first-order valence-electron chi connectivity index (χ1n) is 4.08. The fraction of sp³-hybridized carbons (Fsp3) is 1.00. The zero-order chi connectivity index (χ0) is 9.83. The lowest BCUT2D eigenvalue weighted by Gasteiger charge is -2.24. The second-order valence-corrected chi connectivity index (χ2v) is 3.53. The summed E-state index contributed by atoms with van der Waals surface area (Å²) in [7, 11) is 0. The molecule has 0 aromatic heterocycles. The molecule has 12 heavy (non-hydrogen) atoms. The predicted octanol–water partition coefficient (Wildman–Crippen LogP) is 2.72. The minimum atomic E-state index is -4.04. The Bertz CT molecular complexity index is 129. The molecule has 0 rings (SSSR count). The van der Waals surface area contributed by atoms with Crippen LogP contribution in [0.4, 0.5) is 13.2 Å². The van der Waals surface area contributed by atoms with E-state index in [4.69, 9.17) is 0 Å². The highest BCUT2D eigenvalue weighted by Crippen LogP contribution is 2.19. The van der Waals surface area contributed by atoms with Gasteiger partial charge < -0.3 is 5.32 Å². The van der Waals surface area contributed by atoms with Crippen LogP contribution in [0.1, 0.15) is 33.6 Å². The predicted molar refractivity (Wildman–Crippen MR) is 43.0 cm³/mol. The summed E-state index contributed by atoms with van der Waals surface area (Å²) in [4.78, 5) is 0. The maximum atomic E-state index is 11.7. The summed E-state index contributed by atoms with van der Waals surface area (Å²) >= 11 is 0. The molecule has 0 aromatic rings. The molecule has 0 unspecified atom stereocenters. The van der Waals surface area contributed by atoms with Gasteiger partial charge in [0.2, 0.25) is 0 Å². The molecule has 4 heteroatoms. The van der Waals surface area contributed by atoms with Crippen molar-refractivity contribution in [3.05, 3.63) is 0 Å². The molecule has 0 amide bonds. The van der Waals surface area contributed by atoms with Crippen molar-refractivity contribution in [1.29, 1.82) is 0 Å². The molecule has 74 valence electrons.